The number of aromatic nitrogens is 3. The van der Waals surface area contributed by atoms with E-state index in [4.69, 9.17) is 34.8 Å². The Morgan fingerprint density at radius 3 is 2.39 bits per heavy atom. The molecule has 1 aliphatic rings. The van der Waals surface area contributed by atoms with Gasteiger partial charge in [0.25, 0.3) is 0 Å². The molecule has 5 nitrogen and oxygen atoms in total. The molecule has 0 saturated carbocycles. The van der Waals surface area contributed by atoms with E-state index in [1.165, 1.54) is 0 Å². The summed E-state index contributed by atoms with van der Waals surface area (Å²) >= 11 is 18.4. The third kappa shape index (κ3) is 5.58. The molecule has 0 radical (unpaired) electrons. The molecule has 1 fully saturated rings. The predicted molar refractivity (Wildman–Crippen MR) is 130 cm³/mol. The van der Waals surface area contributed by atoms with E-state index in [0.717, 1.165) is 48.8 Å². The number of nitrogens with zero attached hydrogens (tertiary/aromatic N) is 4. The molecule has 0 bridgehead atoms. The van der Waals surface area contributed by atoms with Crippen LogP contribution in [0, 0.1) is 5.92 Å². The van der Waals surface area contributed by atoms with Crippen LogP contribution in [0.3, 0.4) is 0 Å². The summed E-state index contributed by atoms with van der Waals surface area (Å²) in [5, 5.41) is 5.61. The summed E-state index contributed by atoms with van der Waals surface area (Å²) in [7, 11) is 0. The topological polar surface area (TPSA) is 53.9 Å². The average molecular weight is 479 g/mol. The van der Waals surface area contributed by atoms with Crippen LogP contribution in [0.2, 0.25) is 0 Å². The average Bonchev–Trinajstić information content (AvgIpc) is 2.77. The molecule has 164 valence electrons. The number of alkyl halides is 3. The van der Waals surface area contributed by atoms with Crippen molar-refractivity contribution in [3.8, 4) is 11.4 Å². The summed E-state index contributed by atoms with van der Waals surface area (Å²) in [6.45, 7) is 7.50. The lowest BCUT2D eigenvalue weighted by atomic mass is 9.96. The maximum absolute atomic E-state index is 6.12. The molecule has 0 aliphatic carbocycles. The highest BCUT2D eigenvalue weighted by molar-refractivity contribution is 6.66. The molecule has 0 unspecified atom stereocenters. The molecule has 31 heavy (non-hydrogen) atoms. The first-order chi connectivity index (χ1) is 14.8. The second-order valence-corrected chi connectivity index (χ2v) is 10.6. The number of hydrogen-bond acceptors (Lipinski definition) is 5. The molecule has 8 heteroatoms. The number of fused-ring (bicyclic) bond motifs is 1. The van der Waals surface area contributed by atoms with Crippen LogP contribution in [0.15, 0.2) is 42.5 Å². The van der Waals surface area contributed by atoms with Crippen LogP contribution in [0.25, 0.3) is 22.2 Å². The molecule has 1 N–H and O–H groups in total. The van der Waals surface area contributed by atoms with Crippen LogP contribution >= 0.6 is 34.8 Å². The highest BCUT2D eigenvalue weighted by atomic mass is 35.6. The molecule has 1 aromatic heterocycles. The van der Waals surface area contributed by atoms with Crippen LogP contribution in [0.1, 0.15) is 32.5 Å². The quantitative estimate of drug-likeness (QED) is 0.452. The number of halogens is 3. The molecular weight excluding hydrogens is 453 g/mol. The van der Waals surface area contributed by atoms with Gasteiger partial charge in [-0.15, -0.1) is 0 Å². The fourth-order valence-electron chi connectivity index (χ4n) is 3.95. The zero-order valence-electron chi connectivity index (χ0n) is 17.7. The minimum absolute atomic E-state index is 0.118. The molecule has 2 heterocycles. The van der Waals surface area contributed by atoms with E-state index >= 15 is 0 Å². The van der Waals surface area contributed by atoms with Gasteiger partial charge in [0.05, 0.1) is 0 Å². The van der Waals surface area contributed by atoms with Crippen LogP contribution in [-0.2, 0) is 3.79 Å². The highest BCUT2D eigenvalue weighted by Crippen LogP contribution is 2.37. The molecule has 0 atom stereocenters. The second-order valence-electron chi connectivity index (χ2n) is 8.32. The van der Waals surface area contributed by atoms with Crippen molar-refractivity contribution in [1.82, 2.24) is 19.9 Å². The van der Waals surface area contributed by atoms with E-state index in [-0.39, 0.29) is 5.82 Å². The first-order valence-electron chi connectivity index (χ1n) is 10.6. The van der Waals surface area contributed by atoms with Gasteiger partial charge in [-0.3, -0.25) is 0 Å². The molecule has 1 saturated heterocycles. The van der Waals surface area contributed by atoms with Crippen LogP contribution in [0.4, 0.5) is 5.95 Å². The maximum atomic E-state index is 6.12. The molecule has 1 aliphatic heterocycles. The second kappa shape index (κ2) is 9.45. The summed E-state index contributed by atoms with van der Waals surface area (Å²) < 4.78 is -1.73. The van der Waals surface area contributed by atoms with E-state index in [1.54, 1.807) is 0 Å². The Morgan fingerprint density at radius 1 is 1.00 bits per heavy atom. The molecule has 0 amide bonds. The van der Waals surface area contributed by atoms with Crippen molar-refractivity contribution < 1.29 is 0 Å². The number of rotatable bonds is 5. The smallest absolute Gasteiger partial charge is 0.250 e. The van der Waals surface area contributed by atoms with Crippen LogP contribution in [-0.4, -0.2) is 45.5 Å². The van der Waals surface area contributed by atoms with Crippen LogP contribution < -0.4 is 5.32 Å². The van der Waals surface area contributed by atoms with Crippen molar-refractivity contribution in [2.45, 2.75) is 36.5 Å². The Bertz CT molecular complexity index is 1040. The number of benzene rings is 2. The summed E-state index contributed by atoms with van der Waals surface area (Å²) in [5.74, 6) is 1.60. The summed E-state index contributed by atoms with van der Waals surface area (Å²) in [5.41, 5.74) is 0.852. The first-order valence-corrected chi connectivity index (χ1v) is 11.7. The Hall–Kier alpha value is -1.66. The van der Waals surface area contributed by atoms with Gasteiger partial charge >= 0.3 is 0 Å². The van der Waals surface area contributed by atoms with E-state index in [9.17, 15) is 0 Å². The fraction of sp³-hybridized carbons (Fsp3) is 0.435. The Balaban J connectivity index is 1.56. The van der Waals surface area contributed by atoms with Gasteiger partial charge in [-0.2, -0.15) is 9.97 Å². The number of hydrogen-bond donors (Lipinski definition) is 1. The van der Waals surface area contributed by atoms with Gasteiger partial charge in [0.1, 0.15) is 0 Å². The standard InChI is InChI=1S/C23H26Cl3N5/c1-15(2)31-11-9-16(10-12-31)14-27-22-29-20(28-21(30-22)23(24,25)26)19-8-7-17-5-3-4-6-18(17)13-19/h3-8,13,15-16H,9-12,14H2,1-2H3,(H,27,28,29,30). The van der Waals surface area contributed by atoms with E-state index in [1.807, 2.05) is 30.3 Å². The number of likely N-dealkylation sites (tertiary alicyclic amines) is 1. The molecule has 3 aromatic rings. The lowest BCUT2D eigenvalue weighted by molar-refractivity contribution is 0.153. The maximum Gasteiger partial charge on any atom is 0.250 e. The van der Waals surface area contributed by atoms with E-state index in [0.29, 0.717) is 23.7 Å². The third-order valence-electron chi connectivity index (χ3n) is 5.82. The number of anilines is 1. The minimum atomic E-state index is -1.73. The van der Waals surface area contributed by atoms with Gasteiger partial charge < -0.3 is 10.2 Å². The molecule has 0 spiro atoms. The third-order valence-corrected chi connectivity index (χ3v) is 6.33. The lowest BCUT2D eigenvalue weighted by Crippen LogP contribution is -2.40. The Labute approximate surface area is 198 Å². The Morgan fingerprint density at radius 2 is 1.71 bits per heavy atom. The lowest BCUT2D eigenvalue weighted by Gasteiger charge is -2.34. The normalized spacial score (nSPS) is 16.2. The fourth-order valence-corrected chi connectivity index (χ4v) is 4.20. The monoisotopic (exact) mass is 477 g/mol. The van der Waals surface area contributed by atoms with Gasteiger partial charge in [0.15, 0.2) is 11.6 Å². The van der Waals surface area contributed by atoms with Gasteiger partial charge in [0.2, 0.25) is 9.74 Å². The van der Waals surface area contributed by atoms with Crippen molar-refractivity contribution in [1.29, 1.82) is 0 Å². The van der Waals surface area contributed by atoms with Gasteiger partial charge in [-0.25, -0.2) is 4.98 Å². The number of piperidine rings is 1. The summed E-state index contributed by atoms with van der Waals surface area (Å²) in [6.07, 6.45) is 2.29. The largest absolute Gasteiger partial charge is 0.354 e. The van der Waals surface area contributed by atoms with Crippen molar-refractivity contribution >= 4 is 51.5 Å². The van der Waals surface area contributed by atoms with Crippen molar-refractivity contribution in [3.63, 3.8) is 0 Å². The zero-order chi connectivity index (χ0) is 22.0. The molecule has 4 rings (SSSR count). The van der Waals surface area contributed by atoms with Gasteiger partial charge in [-0.05, 0) is 62.5 Å². The summed E-state index contributed by atoms with van der Waals surface area (Å²) in [4.78, 5) is 16.0. The van der Waals surface area contributed by atoms with Crippen molar-refractivity contribution in [2.24, 2.45) is 5.92 Å². The Kier molecular flexibility index (Phi) is 6.87. The first kappa shape index (κ1) is 22.5. The predicted octanol–water partition coefficient (Wildman–Crippen LogP) is 6.05. The van der Waals surface area contributed by atoms with E-state index in [2.05, 4.69) is 51.1 Å². The van der Waals surface area contributed by atoms with Crippen LogP contribution in [0.5, 0.6) is 0 Å². The van der Waals surface area contributed by atoms with Gasteiger partial charge in [0, 0.05) is 18.2 Å². The minimum Gasteiger partial charge on any atom is -0.354 e. The van der Waals surface area contributed by atoms with Crippen molar-refractivity contribution in [2.75, 3.05) is 25.0 Å². The zero-order valence-corrected chi connectivity index (χ0v) is 19.9. The molecule has 2 aromatic carbocycles. The molecular formula is C23H26Cl3N5. The van der Waals surface area contributed by atoms with Gasteiger partial charge in [-0.1, -0.05) is 71.2 Å². The number of nitrogens with one attached hydrogen (secondary N) is 1. The SMILES string of the molecule is CC(C)N1CCC(CNc2nc(-c3ccc4ccccc4c3)nc(C(Cl)(Cl)Cl)n2)CC1. The van der Waals surface area contributed by atoms with E-state index < -0.39 is 3.79 Å². The summed E-state index contributed by atoms with van der Waals surface area (Å²) in [6, 6.07) is 14.8. The van der Waals surface area contributed by atoms with Crippen molar-refractivity contribution in [3.05, 3.63) is 48.3 Å². The highest BCUT2D eigenvalue weighted by Gasteiger charge is 2.29.